The number of carbonyl (C=O) groups is 1. The van der Waals surface area contributed by atoms with E-state index in [2.05, 4.69) is 9.71 Å². The minimum Gasteiger partial charge on any atom is -0.288 e. The first kappa shape index (κ1) is 13.2. The molecule has 1 aromatic heterocycles. The lowest BCUT2D eigenvalue weighted by Gasteiger charge is -2.08. The van der Waals surface area contributed by atoms with E-state index in [0.29, 0.717) is 5.56 Å². The SMILES string of the molecule is CS(=O)(=O)Nc1ncccc1C(=O)c1ccccc1. The average Bonchev–Trinajstić information content (AvgIpc) is 2.38. The Labute approximate surface area is 111 Å². The highest BCUT2D eigenvalue weighted by atomic mass is 32.2. The van der Waals surface area contributed by atoms with Gasteiger partial charge in [0.1, 0.15) is 0 Å². The van der Waals surface area contributed by atoms with E-state index in [0.717, 1.165) is 6.26 Å². The Morgan fingerprint density at radius 2 is 1.79 bits per heavy atom. The fourth-order valence-corrected chi connectivity index (χ4v) is 2.10. The van der Waals surface area contributed by atoms with Crippen LogP contribution in [0.2, 0.25) is 0 Å². The highest BCUT2D eigenvalue weighted by molar-refractivity contribution is 7.92. The fourth-order valence-electron chi connectivity index (χ4n) is 1.59. The summed E-state index contributed by atoms with van der Waals surface area (Å²) in [6.45, 7) is 0. The molecule has 5 nitrogen and oxygen atoms in total. The summed E-state index contributed by atoms with van der Waals surface area (Å²) in [5.41, 5.74) is 0.700. The third-order valence-electron chi connectivity index (χ3n) is 2.37. The Bertz CT molecular complexity index is 697. The molecule has 0 atom stereocenters. The van der Waals surface area contributed by atoms with Gasteiger partial charge in [0.2, 0.25) is 10.0 Å². The van der Waals surface area contributed by atoms with E-state index in [9.17, 15) is 13.2 Å². The summed E-state index contributed by atoms with van der Waals surface area (Å²) in [6, 6.07) is 11.7. The Hall–Kier alpha value is -2.21. The largest absolute Gasteiger partial charge is 0.288 e. The van der Waals surface area contributed by atoms with Gasteiger partial charge in [-0.1, -0.05) is 30.3 Å². The van der Waals surface area contributed by atoms with E-state index >= 15 is 0 Å². The van der Waals surface area contributed by atoms with Gasteiger partial charge in [-0.2, -0.15) is 0 Å². The maximum atomic E-state index is 12.3. The molecule has 0 saturated heterocycles. The fraction of sp³-hybridized carbons (Fsp3) is 0.0769. The van der Waals surface area contributed by atoms with Gasteiger partial charge < -0.3 is 0 Å². The molecule has 0 radical (unpaired) electrons. The smallest absolute Gasteiger partial charge is 0.230 e. The van der Waals surface area contributed by atoms with Crippen LogP contribution in [0, 0.1) is 0 Å². The van der Waals surface area contributed by atoms with Gasteiger partial charge in [0.05, 0.1) is 11.8 Å². The van der Waals surface area contributed by atoms with Crippen LogP contribution in [0.25, 0.3) is 0 Å². The van der Waals surface area contributed by atoms with Crippen LogP contribution in [0.15, 0.2) is 48.7 Å². The molecule has 0 bridgehead atoms. The molecule has 6 heteroatoms. The minimum absolute atomic E-state index is 0.0406. The van der Waals surface area contributed by atoms with Gasteiger partial charge in [0.25, 0.3) is 0 Å². The number of anilines is 1. The van der Waals surface area contributed by atoms with Crippen LogP contribution in [-0.4, -0.2) is 25.4 Å². The predicted octanol–water partition coefficient (Wildman–Crippen LogP) is 1.68. The van der Waals surface area contributed by atoms with Crippen molar-refractivity contribution >= 4 is 21.6 Å². The first-order valence-electron chi connectivity index (χ1n) is 5.50. The number of nitrogens with one attached hydrogen (secondary N) is 1. The second kappa shape index (κ2) is 5.19. The number of ketones is 1. The van der Waals surface area contributed by atoms with Gasteiger partial charge in [0.15, 0.2) is 11.6 Å². The van der Waals surface area contributed by atoms with E-state index in [1.807, 2.05) is 0 Å². The topological polar surface area (TPSA) is 76.1 Å². The number of hydrogen-bond donors (Lipinski definition) is 1. The van der Waals surface area contributed by atoms with Crippen LogP contribution in [-0.2, 0) is 10.0 Å². The van der Waals surface area contributed by atoms with Crippen molar-refractivity contribution in [1.82, 2.24) is 4.98 Å². The first-order valence-corrected chi connectivity index (χ1v) is 7.39. The highest BCUT2D eigenvalue weighted by Crippen LogP contribution is 2.17. The zero-order chi connectivity index (χ0) is 13.9. The molecule has 98 valence electrons. The molecule has 0 spiro atoms. The molecule has 0 unspecified atom stereocenters. The van der Waals surface area contributed by atoms with Crippen molar-refractivity contribution < 1.29 is 13.2 Å². The lowest BCUT2D eigenvalue weighted by Crippen LogP contribution is -2.15. The second-order valence-electron chi connectivity index (χ2n) is 3.97. The molecule has 0 fully saturated rings. The summed E-state index contributed by atoms with van der Waals surface area (Å²) in [6.07, 6.45) is 2.44. The number of aromatic nitrogens is 1. The van der Waals surface area contributed by atoms with Gasteiger partial charge in [-0.3, -0.25) is 9.52 Å². The number of sulfonamides is 1. The predicted molar refractivity (Wildman–Crippen MR) is 72.6 cm³/mol. The zero-order valence-electron chi connectivity index (χ0n) is 10.2. The summed E-state index contributed by atoms with van der Waals surface area (Å²) in [5, 5.41) is 0. The Kier molecular flexibility index (Phi) is 3.62. The van der Waals surface area contributed by atoms with Crippen molar-refractivity contribution in [3.8, 4) is 0 Å². The summed E-state index contributed by atoms with van der Waals surface area (Å²) in [4.78, 5) is 16.2. The monoisotopic (exact) mass is 276 g/mol. The van der Waals surface area contributed by atoms with Crippen LogP contribution in [0.1, 0.15) is 15.9 Å². The second-order valence-corrected chi connectivity index (χ2v) is 5.72. The molecule has 1 heterocycles. The summed E-state index contributed by atoms with van der Waals surface area (Å²) in [7, 11) is -3.48. The van der Waals surface area contributed by atoms with Gasteiger partial charge in [-0.15, -0.1) is 0 Å². The first-order chi connectivity index (χ1) is 8.97. The third-order valence-corrected chi connectivity index (χ3v) is 2.93. The molecule has 19 heavy (non-hydrogen) atoms. The van der Waals surface area contributed by atoms with Crippen LogP contribution in [0.4, 0.5) is 5.82 Å². The standard InChI is InChI=1S/C13H12N2O3S/c1-19(17,18)15-13-11(8-5-9-14-13)12(16)10-6-3-2-4-7-10/h2-9H,1H3,(H,14,15). The minimum atomic E-state index is -3.48. The summed E-state index contributed by atoms with van der Waals surface area (Å²) in [5.74, 6) is -0.237. The zero-order valence-corrected chi connectivity index (χ0v) is 11.0. The number of carbonyl (C=O) groups excluding carboxylic acids is 1. The van der Waals surface area contributed by atoms with Crippen molar-refractivity contribution in [2.24, 2.45) is 0 Å². The molecule has 1 aromatic carbocycles. The molecule has 2 aromatic rings. The summed E-state index contributed by atoms with van der Waals surface area (Å²) >= 11 is 0. The number of benzene rings is 1. The third kappa shape index (κ3) is 3.38. The van der Waals surface area contributed by atoms with Crippen LogP contribution in [0.3, 0.4) is 0 Å². The molecule has 0 amide bonds. The van der Waals surface area contributed by atoms with Crippen molar-refractivity contribution in [1.29, 1.82) is 0 Å². The van der Waals surface area contributed by atoms with Crippen LogP contribution < -0.4 is 4.72 Å². The molecule has 1 N–H and O–H groups in total. The Balaban J connectivity index is 2.43. The molecule has 0 saturated carbocycles. The lowest BCUT2D eigenvalue weighted by atomic mass is 10.0. The number of hydrogen-bond acceptors (Lipinski definition) is 4. The van der Waals surface area contributed by atoms with Gasteiger partial charge in [-0.25, -0.2) is 13.4 Å². The van der Waals surface area contributed by atoms with E-state index in [1.165, 1.54) is 12.3 Å². The van der Waals surface area contributed by atoms with Crippen LogP contribution >= 0.6 is 0 Å². The van der Waals surface area contributed by atoms with E-state index < -0.39 is 10.0 Å². The number of pyridine rings is 1. The van der Waals surface area contributed by atoms with Gasteiger partial charge in [-0.05, 0) is 12.1 Å². The Morgan fingerprint density at radius 1 is 1.11 bits per heavy atom. The summed E-state index contributed by atoms with van der Waals surface area (Å²) < 4.78 is 24.7. The van der Waals surface area contributed by atoms with Crippen molar-refractivity contribution in [3.63, 3.8) is 0 Å². The maximum absolute atomic E-state index is 12.3. The van der Waals surface area contributed by atoms with Crippen molar-refractivity contribution in [3.05, 3.63) is 59.8 Å². The molecule has 2 rings (SSSR count). The average molecular weight is 276 g/mol. The van der Waals surface area contributed by atoms with Crippen LogP contribution in [0.5, 0.6) is 0 Å². The van der Waals surface area contributed by atoms with E-state index in [1.54, 1.807) is 36.4 Å². The molecular formula is C13H12N2O3S. The van der Waals surface area contributed by atoms with E-state index in [-0.39, 0.29) is 17.2 Å². The van der Waals surface area contributed by atoms with Crippen molar-refractivity contribution in [2.75, 3.05) is 11.0 Å². The number of nitrogens with zero attached hydrogens (tertiary/aromatic N) is 1. The normalized spacial score (nSPS) is 11.0. The molecule has 0 aliphatic rings. The maximum Gasteiger partial charge on any atom is 0.230 e. The lowest BCUT2D eigenvalue weighted by molar-refractivity contribution is 0.103. The molecular weight excluding hydrogens is 264 g/mol. The Morgan fingerprint density at radius 3 is 2.42 bits per heavy atom. The van der Waals surface area contributed by atoms with Gasteiger partial charge in [0, 0.05) is 11.8 Å². The van der Waals surface area contributed by atoms with Crippen molar-refractivity contribution in [2.45, 2.75) is 0 Å². The molecule has 0 aliphatic heterocycles. The van der Waals surface area contributed by atoms with E-state index in [4.69, 9.17) is 0 Å². The highest BCUT2D eigenvalue weighted by Gasteiger charge is 2.16. The van der Waals surface area contributed by atoms with Gasteiger partial charge >= 0.3 is 0 Å². The quantitative estimate of drug-likeness (QED) is 0.862. The molecule has 0 aliphatic carbocycles. The number of rotatable bonds is 4.